The zero-order valence-corrected chi connectivity index (χ0v) is 11.8. The highest BCUT2D eigenvalue weighted by molar-refractivity contribution is 7.17. The van der Waals surface area contributed by atoms with Gasteiger partial charge in [0.15, 0.2) is 0 Å². The highest BCUT2D eigenvalue weighted by atomic mass is 32.1. The number of rotatable bonds is 0. The zero-order valence-electron chi connectivity index (χ0n) is 10.1. The summed E-state index contributed by atoms with van der Waals surface area (Å²) in [7, 11) is 0. The molecule has 1 aliphatic carbocycles. The van der Waals surface area contributed by atoms with Crippen LogP contribution in [0.25, 0.3) is 31.3 Å². The van der Waals surface area contributed by atoms with Crippen LogP contribution in [0.4, 0.5) is 0 Å². The number of benzene rings is 2. The maximum atomic E-state index is 2.38. The number of thiophene rings is 2. The van der Waals surface area contributed by atoms with Crippen molar-refractivity contribution < 1.29 is 0 Å². The van der Waals surface area contributed by atoms with Crippen molar-refractivity contribution in [2.24, 2.45) is 0 Å². The molecule has 0 saturated heterocycles. The van der Waals surface area contributed by atoms with E-state index in [0.717, 1.165) is 6.42 Å². The van der Waals surface area contributed by atoms with Crippen LogP contribution in [0.3, 0.4) is 0 Å². The molecule has 4 aromatic rings. The SMILES string of the molecule is c1cc2c3c(csc3c1)Cc1cc3sccc3cc1-2. The first kappa shape index (κ1) is 10.2. The maximum absolute atomic E-state index is 2.38. The van der Waals surface area contributed by atoms with Crippen LogP contribution in [0.15, 0.2) is 47.2 Å². The molecule has 0 N–H and O–H groups in total. The predicted molar refractivity (Wildman–Crippen MR) is 85.5 cm³/mol. The minimum atomic E-state index is 1.08. The third-order valence-corrected chi connectivity index (χ3v) is 5.90. The van der Waals surface area contributed by atoms with Crippen LogP contribution in [0, 0.1) is 0 Å². The molecule has 2 aromatic carbocycles. The fourth-order valence-electron chi connectivity index (χ4n) is 3.16. The molecule has 90 valence electrons. The number of hydrogen-bond donors (Lipinski definition) is 0. The van der Waals surface area contributed by atoms with E-state index in [1.54, 1.807) is 0 Å². The van der Waals surface area contributed by atoms with Gasteiger partial charge in [-0.3, -0.25) is 0 Å². The van der Waals surface area contributed by atoms with Gasteiger partial charge in [0.1, 0.15) is 0 Å². The molecule has 0 amide bonds. The second-order valence-corrected chi connectivity index (χ2v) is 6.94. The first-order valence-corrected chi connectivity index (χ1v) is 8.16. The van der Waals surface area contributed by atoms with Crippen molar-refractivity contribution >= 4 is 42.8 Å². The molecule has 5 rings (SSSR count). The Morgan fingerprint density at radius 3 is 2.84 bits per heavy atom. The minimum absolute atomic E-state index is 1.08. The third kappa shape index (κ3) is 1.28. The van der Waals surface area contributed by atoms with Gasteiger partial charge in [-0.15, -0.1) is 22.7 Å². The summed E-state index contributed by atoms with van der Waals surface area (Å²) in [6.45, 7) is 0. The Morgan fingerprint density at radius 2 is 1.84 bits per heavy atom. The van der Waals surface area contributed by atoms with E-state index in [-0.39, 0.29) is 0 Å². The van der Waals surface area contributed by atoms with Gasteiger partial charge in [-0.2, -0.15) is 0 Å². The van der Waals surface area contributed by atoms with Crippen LogP contribution < -0.4 is 0 Å². The minimum Gasteiger partial charge on any atom is -0.144 e. The normalized spacial score (nSPS) is 13.1. The molecule has 0 spiro atoms. The van der Waals surface area contributed by atoms with Crippen LogP contribution in [-0.2, 0) is 6.42 Å². The standard InChI is InChI=1S/C17H10S2/c1-2-13-14-7-10-4-5-18-16(10)8-11(14)6-12-9-19-15(3-1)17(12)13/h1-5,7-9H,6H2. The van der Waals surface area contributed by atoms with Gasteiger partial charge in [-0.1, -0.05) is 12.1 Å². The van der Waals surface area contributed by atoms with Gasteiger partial charge in [0.25, 0.3) is 0 Å². The van der Waals surface area contributed by atoms with Crippen LogP contribution in [0.1, 0.15) is 11.1 Å². The first-order chi connectivity index (χ1) is 9.40. The Bertz CT molecular complexity index is 940. The molecule has 0 unspecified atom stereocenters. The van der Waals surface area contributed by atoms with E-state index in [4.69, 9.17) is 0 Å². The van der Waals surface area contributed by atoms with E-state index >= 15 is 0 Å². The molecule has 0 bridgehead atoms. The Kier molecular flexibility index (Phi) is 1.86. The lowest BCUT2D eigenvalue weighted by molar-refractivity contribution is 1.22. The highest BCUT2D eigenvalue weighted by Gasteiger charge is 2.19. The van der Waals surface area contributed by atoms with Crippen molar-refractivity contribution in [3.63, 3.8) is 0 Å². The van der Waals surface area contributed by atoms with Crippen LogP contribution in [0.2, 0.25) is 0 Å². The largest absolute Gasteiger partial charge is 0.144 e. The Hall–Kier alpha value is -1.64. The monoisotopic (exact) mass is 278 g/mol. The van der Waals surface area contributed by atoms with Gasteiger partial charge in [-0.25, -0.2) is 0 Å². The molecule has 0 atom stereocenters. The zero-order chi connectivity index (χ0) is 12.4. The second-order valence-electron chi connectivity index (χ2n) is 5.08. The van der Waals surface area contributed by atoms with E-state index in [2.05, 4.69) is 47.2 Å². The molecular formula is C17H10S2. The molecule has 0 aliphatic heterocycles. The molecule has 2 heteroatoms. The van der Waals surface area contributed by atoms with Crippen molar-refractivity contribution in [3.8, 4) is 11.1 Å². The quantitative estimate of drug-likeness (QED) is 0.341. The lowest BCUT2D eigenvalue weighted by atomic mass is 9.86. The topological polar surface area (TPSA) is 0 Å². The summed E-state index contributed by atoms with van der Waals surface area (Å²) < 4.78 is 2.83. The summed E-state index contributed by atoms with van der Waals surface area (Å²) in [5.41, 5.74) is 5.83. The molecule has 0 nitrogen and oxygen atoms in total. The van der Waals surface area contributed by atoms with Crippen molar-refractivity contribution in [1.29, 1.82) is 0 Å². The number of hydrogen-bond acceptors (Lipinski definition) is 2. The Labute approximate surface area is 118 Å². The van der Waals surface area contributed by atoms with Gasteiger partial charge in [0, 0.05) is 14.8 Å². The van der Waals surface area contributed by atoms with Crippen LogP contribution in [-0.4, -0.2) is 0 Å². The van der Waals surface area contributed by atoms with Gasteiger partial charge in [0.05, 0.1) is 0 Å². The van der Waals surface area contributed by atoms with E-state index in [0.29, 0.717) is 0 Å². The van der Waals surface area contributed by atoms with Crippen molar-refractivity contribution in [1.82, 2.24) is 0 Å². The second kappa shape index (κ2) is 3.47. The van der Waals surface area contributed by atoms with Crippen molar-refractivity contribution in [3.05, 3.63) is 58.3 Å². The molecule has 2 heterocycles. The van der Waals surface area contributed by atoms with Crippen molar-refractivity contribution in [2.75, 3.05) is 0 Å². The van der Waals surface area contributed by atoms with E-state index < -0.39 is 0 Å². The fraction of sp³-hybridized carbons (Fsp3) is 0.0588. The lowest BCUT2D eigenvalue weighted by Gasteiger charge is -2.17. The van der Waals surface area contributed by atoms with Crippen LogP contribution >= 0.6 is 22.7 Å². The third-order valence-electron chi connectivity index (χ3n) is 4.02. The lowest BCUT2D eigenvalue weighted by Crippen LogP contribution is -1.98. The predicted octanol–water partition coefficient (Wildman–Crippen LogP) is 5.69. The van der Waals surface area contributed by atoms with E-state index in [1.807, 2.05) is 22.7 Å². The molecule has 2 aromatic heterocycles. The molecule has 0 saturated carbocycles. The molecule has 1 aliphatic rings. The average molecular weight is 278 g/mol. The smallest absolute Gasteiger partial charge is 0.0351 e. The summed E-state index contributed by atoms with van der Waals surface area (Å²) in [4.78, 5) is 0. The van der Waals surface area contributed by atoms with Crippen LogP contribution in [0.5, 0.6) is 0 Å². The average Bonchev–Trinajstić information content (AvgIpc) is 3.05. The summed E-state index contributed by atoms with van der Waals surface area (Å²) >= 11 is 3.71. The summed E-state index contributed by atoms with van der Waals surface area (Å²) in [5, 5.41) is 7.37. The van der Waals surface area contributed by atoms with E-state index in [9.17, 15) is 0 Å². The Balaban J connectivity index is 1.98. The van der Waals surface area contributed by atoms with E-state index in [1.165, 1.54) is 42.4 Å². The van der Waals surface area contributed by atoms with Gasteiger partial charge < -0.3 is 0 Å². The van der Waals surface area contributed by atoms with Gasteiger partial charge >= 0.3 is 0 Å². The van der Waals surface area contributed by atoms with Crippen molar-refractivity contribution in [2.45, 2.75) is 6.42 Å². The molecule has 0 fully saturated rings. The highest BCUT2D eigenvalue weighted by Crippen LogP contribution is 2.43. The maximum Gasteiger partial charge on any atom is 0.0351 e. The first-order valence-electron chi connectivity index (χ1n) is 6.40. The van der Waals surface area contributed by atoms with Gasteiger partial charge in [-0.05, 0) is 69.1 Å². The van der Waals surface area contributed by atoms with Gasteiger partial charge in [0.2, 0.25) is 0 Å². The molecular weight excluding hydrogens is 268 g/mol. The fourth-order valence-corrected chi connectivity index (χ4v) is 4.98. The molecule has 0 radical (unpaired) electrons. The Morgan fingerprint density at radius 1 is 0.842 bits per heavy atom. The summed E-state index contributed by atoms with van der Waals surface area (Å²) in [6, 6.07) is 13.7. The number of fused-ring (bicyclic) bond motifs is 3. The summed E-state index contributed by atoms with van der Waals surface area (Å²) in [5.74, 6) is 0. The summed E-state index contributed by atoms with van der Waals surface area (Å²) in [6.07, 6.45) is 1.08. The molecule has 19 heavy (non-hydrogen) atoms.